The van der Waals surface area contributed by atoms with Gasteiger partial charge in [0, 0.05) is 7.05 Å². The largest absolute Gasteiger partial charge is 0.324 e. The zero-order valence-electron chi connectivity index (χ0n) is 9.68. The van der Waals surface area contributed by atoms with Gasteiger partial charge in [0.25, 0.3) is 0 Å². The summed E-state index contributed by atoms with van der Waals surface area (Å²) >= 11 is 0. The first-order valence-electron chi connectivity index (χ1n) is 5.42. The van der Waals surface area contributed by atoms with E-state index in [1.54, 1.807) is 11.7 Å². The molecule has 0 atom stereocenters. The summed E-state index contributed by atoms with van der Waals surface area (Å²) in [5.74, 6) is 1.22. The molecule has 0 aliphatic heterocycles. The Morgan fingerprint density at radius 2 is 2.22 bits per heavy atom. The molecular weight excluding hydrogens is 228 g/mol. The number of aryl methyl sites for hydroxylation is 1. The summed E-state index contributed by atoms with van der Waals surface area (Å²) in [6, 6.07) is 9.82. The van der Waals surface area contributed by atoms with Gasteiger partial charge in [-0.3, -0.25) is 4.68 Å². The molecule has 2 N–H and O–H groups in total. The molecule has 2 heterocycles. The second kappa shape index (κ2) is 3.89. The highest BCUT2D eigenvalue weighted by Crippen LogP contribution is 2.20. The molecule has 18 heavy (non-hydrogen) atoms. The minimum Gasteiger partial charge on any atom is -0.324 e. The number of fused-ring (bicyclic) bond motifs is 1. The highest BCUT2D eigenvalue weighted by atomic mass is 15.3. The lowest BCUT2D eigenvalue weighted by Gasteiger charge is -2.02. The number of H-pyrrole nitrogens is 1. The number of nitriles is 1. The van der Waals surface area contributed by atoms with Crippen LogP contribution in [-0.4, -0.2) is 19.7 Å². The van der Waals surface area contributed by atoms with Gasteiger partial charge in [-0.05, 0) is 12.1 Å². The first-order valence-corrected chi connectivity index (χ1v) is 5.42. The average Bonchev–Trinajstić information content (AvgIpc) is 2.94. The van der Waals surface area contributed by atoms with Crippen molar-refractivity contribution in [2.24, 2.45) is 7.05 Å². The third-order valence-electron chi connectivity index (χ3n) is 2.69. The second-order valence-electron chi connectivity index (χ2n) is 3.87. The highest BCUT2D eigenvalue weighted by molar-refractivity contribution is 5.78. The number of hydrogen-bond acceptors (Lipinski definition) is 4. The molecule has 88 valence electrons. The van der Waals surface area contributed by atoms with Crippen molar-refractivity contribution in [3.05, 3.63) is 36.0 Å². The van der Waals surface area contributed by atoms with E-state index in [0.29, 0.717) is 17.3 Å². The minimum atomic E-state index is 0.484. The average molecular weight is 238 g/mol. The van der Waals surface area contributed by atoms with Gasteiger partial charge in [-0.15, -0.1) is 0 Å². The fraction of sp³-hybridized carbons (Fsp3) is 0.0833. The molecule has 0 saturated heterocycles. The smallest absolute Gasteiger partial charge is 0.206 e. The number of nitrogens with one attached hydrogen (secondary N) is 2. The van der Waals surface area contributed by atoms with E-state index in [-0.39, 0.29) is 0 Å². The fourth-order valence-electron chi connectivity index (χ4n) is 1.79. The Kier molecular flexibility index (Phi) is 2.24. The molecule has 0 aliphatic rings. The van der Waals surface area contributed by atoms with Gasteiger partial charge in [0.05, 0.1) is 17.2 Å². The van der Waals surface area contributed by atoms with Crippen molar-refractivity contribution >= 4 is 22.8 Å². The molecule has 0 saturated carbocycles. The van der Waals surface area contributed by atoms with Crippen LogP contribution in [-0.2, 0) is 7.05 Å². The number of aromatic amines is 1. The van der Waals surface area contributed by atoms with Crippen molar-refractivity contribution < 1.29 is 0 Å². The number of anilines is 2. The lowest BCUT2D eigenvalue weighted by molar-refractivity contribution is 0.775. The summed E-state index contributed by atoms with van der Waals surface area (Å²) in [4.78, 5) is 7.53. The standard InChI is InChI=1S/C12H10N6/c1-18-11(8(6-13)7-14-18)17-12-15-9-4-2-3-5-10(9)16-12/h2-5,7H,1H3,(H2,15,16,17). The van der Waals surface area contributed by atoms with Gasteiger partial charge in [-0.25, -0.2) is 4.98 Å². The molecule has 2 aromatic heterocycles. The zero-order valence-corrected chi connectivity index (χ0v) is 9.68. The van der Waals surface area contributed by atoms with Crippen molar-refractivity contribution in [2.75, 3.05) is 5.32 Å². The number of benzene rings is 1. The van der Waals surface area contributed by atoms with Crippen molar-refractivity contribution in [2.45, 2.75) is 0 Å². The first-order chi connectivity index (χ1) is 8.78. The molecule has 0 radical (unpaired) electrons. The van der Waals surface area contributed by atoms with Crippen molar-refractivity contribution in [1.29, 1.82) is 5.26 Å². The molecule has 3 rings (SSSR count). The molecule has 3 aromatic rings. The Hall–Kier alpha value is -2.81. The van der Waals surface area contributed by atoms with E-state index in [1.165, 1.54) is 6.20 Å². The van der Waals surface area contributed by atoms with E-state index in [1.807, 2.05) is 24.3 Å². The molecule has 6 heteroatoms. The van der Waals surface area contributed by atoms with Crippen LogP contribution in [0.3, 0.4) is 0 Å². The maximum Gasteiger partial charge on any atom is 0.206 e. The first kappa shape index (κ1) is 10.4. The van der Waals surface area contributed by atoms with Gasteiger partial charge in [0.1, 0.15) is 17.5 Å². The lowest BCUT2D eigenvalue weighted by atomic mass is 10.3. The maximum atomic E-state index is 8.98. The number of hydrogen-bond donors (Lipinski definition) is 2. The maximum absolute atomic E-state index is 8.98. The Bertz CT molecular complexity index is 712. The Morgan fingerprint density at radius 1 is 1.39 bits per heavy atom. The van der Waals surface area contributed by atoms with Crippen LogP contribution in [0.15, 0.2) is 30.5 Å². The van der Waals surface area contributed by atoms with Gasteiger partial charge in [-0.2, -0.15) is 10.4 Å². The number of rotatable bonds is 2. The van der Waals surface area contributed by atoms with Crippen LogP contribution in [0.25, 0.3) is 11.0 Å². The second-order valence-corrected chi connectivity index (χ2v) is 3.87. The van der Waals surface area contributed by atoms with Gasteiger partial charge in [-0.1, -0.05) is 12.1 Å². The summed E-state index contributed by atoms with van der Waals surface area (Å²) in [7, 11) is 1.77. The van der Waals surface area contributed by atoms with Crippen LogP contribution in [0.4, 0.5) is 11.8 Å². The molecule has 0 spiro atoms. The Labute approximate surface area is 103 Å². The van der Waals surface area contributed by atoms with E-state index in [9.17, 15) is 0 Å². The number of nitrogens with zero attached hydrogens (tertiary/aromatic N) is 4. The SMILES string of the molecule is Cn1ncc(C#N)c1Nc1nc2ccccc2[nH]1. The van der Waals surface area contributed by atoms with Gasteiger partial charge < -0.3 is 10.3 Å². The third-order valence-corrected chi connectivity index (χ3v) is 2.69. The van der Waals surface area contributed by atoms with Crippen LogP contribution in [0.1, 0.15) is 5.56 Å². The van der Waals surface area contributed by atoms with Gasteiger partial charge in [0.15, 0.2) is 0 Å². The lowest BCUT2D eigenvalue weighted by Crippen LogP contribution is -2.01. The zero-order chi connectivity index (χ0) is 12.5. The fourth-order valence-corrected chi connectivity index (χ4v) is 1.79. The highest BCUT2D eigenvalue weighted by Gasteiger charge is 2.10. The van der Waals surface area contributed by atoms with Crippen LogP contribution >= 0.6 is 0 Å². The van der Waals surface area contributed by atoms with Crippen molar-refractivity contribution in [1.82, 2.24) is 19.7 Å². The van der Waals surface area contributed by atoms with Gasteiger partial charge in [0.2, 0.25) is 5.95 Å². The van der Waals surface area contributed by atoms with E-state index >= 15 is 0 Å². The predicted octanol–water partition coefficient (Wildman–Crippen LogP) is 1.91. The monoisotopic (exact) mass is 238 g/mol. The molecule has 0 amide bonds. The quantitative estimate of drug-likeness (QED) is 0.714. The summed E-state index contributed by atoms with van der Waals surface area (Å²) < 4.78 is 1.60. The molecule has 0 aliphatic carbocycles. The van der Waals surface area contributed by atoms with Crippen molar-refractivity contribution in [3.63, 3.8) is 0 Å². The Balaban J connectivity index is 2.01. The van der Waals surface area contributed by atoms with E-state index < -0.39 is 0 Å². The summed E-state index contributed by atoms with van der Waals surface area (Å²) in [6.45, 7) is 0. The number of aromatic nitrogens is 4. The number of imidazole rings is 1. The Morgan fingerprint density at radius 3 is 3.00 bits per heavy atom. The van der Waals surface area contributed by atoms with E-state index in [0.717, 1.165) is 11.0 Å². The van der Waals surface area contributed by atoms with Crippen LogP contribution in [0, 0.1) is 11.3 Å². The predicted molar refractivity (Wildman–Crippen MR) is 67.3 cm³/mol. The topological polar surface area (TPSA) is 82.3 Å². The molecule has 1 aromatic carbocycles. The van der Waals surface area contributed by atoms with E-state index in [2.05, 4.69) is 26.5 Å². The summed E-state index contributed by atoms with van der Waals surface area (Å²) in [6.07, 6.45) is 1.52. The van der Waals surface area contributed by atoms with Gasteiger partial charge >= 0.3 is 0 Å². The van der Waals surface area contributed by atoms with Crippen LogP contribution in [0.2, 0.25) is 0 Å². The van der Waals surface area contributed by atoms with Crippen molar-refractivity contribution in [3.8, 4) is 6.07 Å². The van der Waals surface area contributed by atoms with E-state index in [4.69, 9.17) is 5.26 Å². The molecular formula is C12H10N6. The normalized spacial score (nSPS) is 10.4. The summed E-state index contributed by atoms with van der Waals surface area (Å²) in [5, 5.41) is 16.1. The number of para-hydroxylation sites is 2. The third kappa shape index (κ3) is 1.58. The van der Waals surface area contributed by atoms with Crippen LogP contribution < -0.4 is 5.32 Å². The molecule has 6 nitrogen and oxygen atoms in total. The van der Waals surface area contributed by atoms with Crippen LogP contribution in [0.5, 0.6) is 0 Å². The molecule has 0 fully saturated rings. The summed E-state index contributed by atoms with van der Waals surface area (Å²) in [5.41, 5.74) is 2.30. The molecule has 0 bridgehead atoms. The minimum absolute atomic E-state index is 0.484. The molecule has 0 unspecified atom stereocenters.